The summed E-state index contributed by atoms with van der Waals surface area (Å²) in [4.78, 5) is 21.8. The van der Waals surface area contributed by atoms with Gasteiger partial charge >= 0.3 is 6.18 Å². The smallest absolute Gasteiger partial charge is 0.423 e. The van der Waals surface area contributed by atoms with Gasteiger partial charge in [0.1, 0.15) is 17.9 Å². The van der Waals surface area contributed by atoms with Gasteiger partial charge in [-0.25, -0.2) is 0 Å². The van der Waals surface area contributed by atoms with Crippen LogP contribution in [0.5, 0.6) is 5.75 Å². The van der Waals surface area contributed by atoms with Gasteiger partial charge in [0.25, 0.3) is 11.6 Å². The monoisotopic (exact) mass is 508 g/mol. The fraction of sp³-hybridized carbons (Fsp3) is 0.235. The summed E-state index contributed by atoms with van der Waals surface area (Å²) in [5.41, 5.74) is -5.06. The van der Waals surface area contributed by atoms with Crippen LogP contribution in [0.4, 0.5) is 24.5 Å². The summed E-state index contributed by atoms with van der Waals surface area (Å²) in [6.07, 6.45) is -4.99. The Hall–Kier alpha value is -2.41. The van der Waals surface area contributed by atoms with E-state index in [1.807, 2.05) is 0 Å². The van der Waals surface area contributed by atoms with E-state index < -0.39 is 40.5 Å². The van der Waals surface area contributed by atoms with Crippen molar-refractivity contribution in [2.45, 2.75) is 18.7 Å². The average Bonchev–Trinajstić information content (AvgIpc) is 2.60. The zero-order valence-electron chi connectivity index (χ0n) is 14.3. The SMILES string of the molecule is C[C@](O)(COc1ccc([125I])cc1)C(=O)Nc1ccc([N+](=O)[O-])c(C(F)(F)F)c1. The number of aliphatic hydroxyl groups is 1. The van der Waals surface area contributed by atoms with Gasteiger partial charge in [-0.1, -0.05) is 0 Å². The van der Waals surface area contributed by atoms with Crippen LogP contribution in [0.15, 0.2) is 42.5 Å². The summed E-state index contributed by atoms with van der Waals surface area (Å²) in [6, 6.07) is 8.77. The number of halogens is 4. The Morgan fingerprint density at radius 2 is 1.86 bits per heavy atom. The lowest BCUT2D eigenvalue weighted by Gasteiger charge is -2.23. The van der Waals surface area contributed by atoms with Gasteiger partial charge in [0.05, 0.1) is 4.92 Å². The molecular weight excluding hydrogens is 494 g/mol. The van der Waals surface area contributed by atoms with E-state index in [1.165, 1.54) is 0 Å². The Morgan fingerprint density at radius 1 is 1.25 bits per heavy atom. The highest BCUT2D eigenvalue weighted by Crippen LogP contribution is 2.37. The van der Waals surface area contributed by atoms with Crippen LogP contribution < -0.4 is 10.1 Å². The number of nitro benzene ring substituents is 1. The number of nitrogens with one attached hydrogen (secondary N) is 1. The number of carbonyl (C=O) groups is 1. The molecule has 2 rings (SSSR count). The van der Waals surface area contributed by atoms with Gasteiger partial charge in [-0.2, -0.15) is 13.2 Å². The van der Waals surface area contributed by atoms with Crippen molar-refractivity contribution in [3.63, 3.8) is 0 Å². The second-order valence-corrected chi connectivity index (χ2v) is 7.20. The van der Waals surface area contributed by atoms with Crippen LogP contribution in [-0.4, -0.2) is 28.1 Å². The highest BCUT2D eigenvalue weighted by Gasteiger charge is 2.39. The molecule has 0 saturated heterocycles. The van der Waals surface area contributed by atoms with Crippen molar-refractivity contribution < 1.29 is 32.7 Å². The predicted molar refractivity (Wildman–Crippen MR) is 102 cm³/mol. The first-order chi connectivity index (χ1) is 12.9. The summed E-state index contributed by atoms with van der Waals surface area (Å²) in [5, 5.41) is 23.1. The van der Waals surface area contributed by atoms with E-state index in [2.05, 4.69) is 27.9 Å². The third-order valence-electron chi connectivity index (χ3n) is 3.58. The number of hydrogen-bond acceptors (Lipinski definition) is 5. The van der Waals surface area contributed by atoms with Gasteiger partial charge in [0.15, 0.2) is 5.60 Å². The molecule has 0 saturated carbocycles. The van der Waals surface area contributed by atoms with Crippen molar-refractivity contribution in [3.8, 4) is 5.75 Å². The molecule has 0 unspecified atom stereocenters. The molecule has 2 aromatic carbocycles. The first-order valence-corrected chi connectivity index (χ1v) is 8.76. The molecule has 2 N–H and O–H groups in total. The van der Waals surface area contributed by atoms with Gasteiger partial charge in [0.2, 0.25) is 0 Å². The van der Waals surface area contributed by atoms with Crippen LogP contribution in [0.1, 0.15) is 12.5 Å². The predicted octanol–water partition coefficient (Wildman–Crippen LogP) is 3.99. The summed E-state index contributed by atoms with van der Waals surface area (Å²) in [7, 11) is 0. The molecule has 0 aliphatic carbocycles. The summed E-state index contributed by atoms with van der Waals surface area (Å²) < 4.78 is 45.3. The minimum atomic E-state index is -4.99. The Bertz CT molecular complexity index is 885. The first kappa shape index (κ1) is 21.9. The number of nitrogens with zero attached hydrogens (tertiary/aromatic N) is 1. The van der Waals surface area contributed by atoms with Crippen LogP contribution in [0.3, 0.4) is 0 Å². The Balaban J connectivity index is 2.14. The molecule has 0 bridgehead atoms. The zero-order chi connectivity index (χ0) is 21.1. The molecule has 0 heterocycles. The van der Waals surface area contributed by atoms with Crippen molar-refractivity contribution in [3.05, 3.63) is 61.7 Å². The number of ether oxygens (including phenoxy) is 1. The van der Waals surface area contributed by atoms with Crippen LogP contribution in [0.2, 0.25) is 0 Å². The van der Waals surface area contributed by atoms with Gasteiger partial charge in [-0.05, 0) is 65.9 Å². The van der Waals surface area contributed by atoms with E-state index in [-0.39, 0.29) is 5.69 Å². The standard InChI is InChI=1S/C17H14F3IN2O5/c1-16(25,9-28-12-5-2-10(21)3-6-12)15(24)22-11-4-7-14(23(26)27)13(8-11)17(18,19)20/h2-8,25H,9H2,1H3,(H,22,24)/t16-/m0/s1/i21-2. The van der Waals surface area contributed by atoms with E-state index in [0.29, 0.717) is 17.9 Å². The number of amides is 1. The molecule has 1 atom stereocenters. The Morgan fingerprint density at radius 3 is 2.39 bits per heavy atom. The number of carbonyl (C=O) groups excluding carboxylic acids is 1. The van der Waals surface area contributed by atoms with Crippen LogP contribution in [-0.2, 0) is 11.0 Å². The van der Waals surface area contributed by atoms with Gasteiger partial charge in [0, 0.05) is 15.3 Å². The summed E-state index contributed by atoms with van der Waals surface area (Å²) in [6.45, 7) is 0.670. The van der Waals surface area contributed by atoms with Crippen molar-refractivity contribution in [1.82, 2.24) is 0 Å². The number of hydrogen-bond donors (Lipinski definition) is 2. The molecule has 0 radical (unpaired) electrons. The number of benzene rings is 2. The lowest BCUT2D eigenvalue weighted by molar-refractivity contribution is -0.388. The van der Waals surface area contributed by atoms with Gasteiger partial charge < -0.3 is 15.2 Å². The molecule has 0 fully saturated rings. The maximum Gasteiger partial charge on any atom is 0.423 e. The van der Waals surface area contributed by atoms with Crippen molar-refractivity contribution in [2.75, 3.05) is 11.9 Å². The average molecular weight is 508 g/mol. The third-order valence-corrected chi connectivity index (χ3v) is 4.30. The summed E-state index contributed by atoms with van der Waals surface area (Å²) >= 11 is 2.09. The molecule has 1 amide bonds. The normalized spacial score (nSPS) is 13.5. The minimum absolute atomic E-state index is 0.350. The molecule has 0 aliphatic heterocycles. The number of anilines is 1. The van der Waals surface area contributed by atoms with Crippen LogP contribution >= 0.6 is 22.6 Å². The largest absolute Gasteiger partial charge is 0.490 e. The van der Waals surface area contributed by atoms with E-state index in [0.717, 1.165) is 16.6 Å². The molecule has 28 heavy (non-hydrogen) atoms. The molecular formula is C17H14F3IN2O5. The zero-order valence-corrected chi connectivity index (χ0v) is 16.4. The molecule has 0 aromatic heterocycles. The van der Waals surface area contributed by atoms with Crippen molar-refractivity contribution in [1.29, 1.82) is 0 Å². The Kier molecular flexibility index (Phi) is 6.49. The lowest BCUT2D eigenvalue weighted by atomic mass is 10.1. The Labute approximate surface area is 170 Å². The maximum atomic E-state index is 13.0. The lowest BCUT2D eigenvalue weighted by Crippen LogP contribution is -2.45. The molecule has 0 aliphatic rings. The van der Waals surface area contributed by atoms with Crippen LogP contribution in [0.25, 0.3) is 0 Å². The minimum Gasteiger partial charge on any atom is -0.490 e. The molecule has 150 valence electrons. The second kappa shape index (κ2) is 8.31. The first-order valence-electron chi connectivity index (χ1n) is 7.68. The van der Waals surface area contributed by atoms with E-state index in [4.69, 9.17) is 4.74 Å². The number of nitro groups is 1. The molecule has 11 heteroatoms. The van der Waals surface area contributed by atoms with Crippen molar-refractivity contribution in [2.24, 2.45) is 0 Å². The van der Waals surface area contributed by atoms with Gasteiger partial charge in [-0.3, -0.25) is 14.9 Å². The topological polar surface area (TPSA) is 102 Å². The molecule has 0 spiro atoms. The molecule has 2 aromatic rings. The fourth-order valence-corrected chi connectivity index (χ4v) is 2.45. The van der Waals surface area contributed by atoms with E-state index >= 15 is 0 Å². The van der Waals surface area contributed by atoms with Crippen molar-refractivity contribution >= 4 is 39.9 Å². The van der Waals surface area contributed by atoms with Gasteiger partial charge in [-0.15, -0.1) is 0 Å². The highest BCUT2D eigenvalue weighted by molar-refractivity contribution is 14.1. The van der Waals surface area contributed by atoms with E-state index in [1.54, 1.807) is 24.3 Å². The van der Waals surface area contributed by atoms with E-state index in [9.17, 15) is 33.2 Å². The number of alkyl halides is 3. The fourth-order valence-electron chi connectivity index (χ4n) is 2.09. The maximum absolute atomic E-state index is 13.0. The second-order valence-electron chi connectivity index (χ2n) is 5.96. The highest BCUT2D eigenvalue weighted by atomic mass is 125. The molecule has 7 nitrogen and oxygen atoms in total. The number of rotatable bonds is 6. The quantitative estimate of drug-likeness (QED) is 0.349. The third kappa shape index (κ3) is 5.55. The summed E-state index contributed by atoms with van der Waals surface area (Å²) in [5.74, 6) is -0.636. The van der Waals surface area contributed by atoms with Crippen LogP contribution in [0, 0.1) is 13.7 Å².